The van der Waals surface area contributed by atoms with Crippen molar-refractivity contribution in [3.8, 4) is 5.75 Å². The molecule has 0 radical (unpaired) electrons. The molecule has 0 atom stereocenters. The molecule has 0 bridgehead atoms. The van der Waals surface area contributed by atoms with Gasteiger partial charge < -0.3 is 20.1 Å². The van der Waals surface area contributed by atoms with Crippen LogP contribution in [0.25, 0.3) is 0 Å². The van der Waals surface area contributed by atoms with Crippen molar-refractivity contribution in [2.45, 2.75) is 52.9 Å². The Labute approximate surface area is 140 Å². The molecule has 0 saturated heterocycles. The summed E-state index contributed by atoms with van der Waals surface area (Å²) in [5.74, 6) is 1.67. The molecule has 5 heteroatoms. The Morgan fingerprint density at radius 2 is 2.00 bits per heavy atom. The van der Waals surface area contributed by atoms with E-state index in [0.29, 0.717) is 13.1 Å². The van der Waals surface area contributed by atoms with Crippen LogP contribution < -0.4 is 15.4 Å². The lowest BCUT2D eigenvalue weighted by molar-refractivity contribution is 0.0268. The van der Waals surface area contributed by atoms with E-state index in [9.17, 15) is 0 Å². The summed E-state index contributed by atoms with van der Waals surface area (Å²) in [7, 11) is 1.71. The van der Waals surface area contributed by atoms with Crippen molar-refractivity contribution in [1.82, 2.24) is 10.6 Å². The average Bonchev–Trinajstić information content (AvgIpc) is 2.50. The van der Waals surface area contributed by atoms with Crippen LogP contribution >= 0.6 is 0 Å². The Morgan fingerprint density at radius 3 is 2.61 bits per heavy atom. The minimum absolute atomic E-state index is 0.170. The van der Waals surface area contributed by atoms with Gasteiger partial charge in [0.1, 0.15) is 5.75 Å². The highest BCUT2D eigenvalue weighted by molar-refractivity contribution is 5.79. The lowest BCUT2D eigenvalue weighted by Crippen LogP contribution is -2.45. The Kier molecular flexibility index (Phi) is 7.89. The maximum atomic E-state index is 5.72. The van der Waals surface area contributed by atoms with Gasteiger partial charge in [0, 0.05) is 20.2 Å². The smallest absolute Gasteiger partial charge is 0.191 e. The fraction of sp³-hybridized carbons (Fsp3) is 0.611. The number of rotatable bonds is 8. The average molecular weight is 321 g/mol. The molecule has 1 rings (SSSR count). The van der Waals surface area contributed by atoms with Crippen LogP contribution in [0, 0.1) is 0 Å². The van der Waals surface area contributed by atoms with Crippen molar-refractivity contribution in [2.24, 2.45) is 4.99 Å². The number of nitrogens with one attached hydrogen (secondary N) is 2. The standard InChI is InChI=1S/C18H31N3O2/c1-7-19-17(21-13-18(4,5)22-6)20-12-15-9-8-10-16(11-15)23-14(2)3/h8-11,14H,7,12-13H2,1-6H3,(H2,19,20,21). The Balaban J connectivity index is 2.69. The van der Waals surface area contributed by atoms with Gasteiger partial charge in [-0.25, -0.2) is 4.99 Å². The van der Waals surface area contributed by atoms with Gasteiger partial charge in [-0.05, 0) is 52.3 Å². The number of hydrogen-bond donors (Lipinski definition) is 2. The van der Waals surface area contributed by atoms with E-state index in [1.165, 1.54) is 0 Å². The van der Waals surface area contributed by atoms with E-state index in [1.54, 1.807) is 7.11 Å². The summed E-state index contributed by atoms with van der Waals surface area (Å²) in [6, 6.07) is 8.06. The highest BCUT2D eigenvalue weighted by Crippen LogP contribution is 2.15. The van der Waals surface area contributed by atoms with Gasteiger partial charge in [0.2, 0.25) is 0 Å². The van der Waals surface area contributed by atoms with E-state index in [4.69, 9.17) is 9.47 Å². The zero-order chi connectivity index (χ0) is 17.3. The lowest BCUT2D eigenvalue weighted by atomic mass is 10.1. The molecular weight excluding hydrogens is 290 g/mol. The van der Waals surface area contributed by atoms with Crippen LogP contribution in [0.3, 0.4) is 0 Å². The maximum Gasteiger partial charge on any atom is 0.191 e. The first-order valence-electron chi connectivity index (χ1n) is 8.19. The second kappa shape index (κ2) is 9.40. The second-order valence-corrected chi connectivity index (χ2v) is 6.33. The quantitative estimate of drug-likeness (QED) is 0.571. The van der Waals surface area contributed by atoms with Crippen molar-refractivity contribution >= 4 is 5.96 Å². The van der Waals surface area contributed by atoms with Gasteiger partial charge in [-0.1, -0.05) is 12.1 Å². The molecule has 0 saturated carbocycles. The molecule has 0 aliphatic carbocycles. The van der Waals surface area contributed by atoms with Gasteiger partial charge in [-0.2, -0.15) is 0 Å². The van der Waals surface area contributed by atoms with Gasteiger partial charge >= 0.3 is 0 Å². The zero-order valence-electron chi connectivity index (χ0n) is 15.3. The zero-order valence-corrected chi connectivity index (χ0v) is 15.3. The molecule has 1 aromatic carbocycles. The molecule has 0 aliphatic rings. The third kappa shape index (κ3) is 7.88. The molecule has 0 unspecified atom stereocenters. The Bertz CT molecular complexity index is 499. The third-order valence-electron chi connectivity index (χ3n) is 3.27. The van der Waals surface area contributed by atoms with Crippen molar-refractivity contribution in [3.05, 3.63) is 29.8 Å². The number of guanidine groups is 1. The first-order chi connectivity index (χ1) is 10.9. The van der Waals surface area contributed by atoms with Crippen molar-refractivity contribution < 1.29 is 9.47 Å². The van der Waals surface area contributed by atoms with Gasteiger partial charge in [-0.15, -0.1) is 0 Å². The molecule has 0 aliphatic heterocycles. The molecule has 2 N–H and O–H groups in total. The molecule has 1 aromatic rings. The molecule has 0 aromatic heterocycles. The van der Waals surface area contributed by atoms with Crippen LogP contribution in [0.15, 0.2) is 29.3 Å². The van der Waals surface area contributed by atoms with E-state index in [2.05, 4.69) is 28.6 Å². The fourth-order valence-electron chi connectivity index (χ4n) is 1.87. The first kappa shape index (κ1) is 19.3. The first-order valence-corrected chi connectivity index (χ1v) is 8.19. The Morgan fingerprint density at radius 1 is 1.26 bits per heavy atom. The number of hydrogen-bond acceptors (Lipinski definition) is 3. The minimum Gasteiger partial charge on any atom is -0.491 e. The van der Waals surface area contributed by atoms with E-state index in [1.807, 2.05) is 45.9 Å². The molecule has 23 heavy (non-hydrogen) atoms. The van der Waals surface area contributed by atoms with Gasteiger partial charge in [0.15, 0.2) is 5.96 Å². The van der Waals surface area contributed by atoms with E-state index >= 15 is 0 Å². The highest BCUT2D eigenvalue weighted by atomic mass is 16.5. The van der Waals surface area contributed by atoms with Gasteiger partial charge in [0.25, 0.3) is 0 Å². The largest absolute Gasteiger partial charge is 0.491 e. The number of ether oxygens (including phenoxy) is 2. The van der Waals surface area contributed by atoms with Crippen LogP contribution in [0.5, 0.6) is 5.75 Å². The SMILES string of the molecule is CCNC(=NCc1cccc(OC(C)C)c1)NCC(C)(C)OC. The summed E-state index contributed by atoms with van der Waals surface area (Å²) in [5, 5.41) is 6.56. The molecule has 0 amide bonds. The van der Waals surface area contributed by atoms with E-state index in [-0.39, 0.29) is 11.7 Å². The van der Waals surface area contributed by atoms with E-state index < -0.39 is 0 Å². The molecule has 0 fully saturated rings. The van der Waals surface area contributed by atoms with Crippen LogP contribution in [0.1, 0.15) is 40.2 Å². The van der Waals surface area contributed by atoms with Gasteiger partial charge in [0.05, 0.1) is 18.2 Å². The van der Waals surface area contributed by atoms with Crippen molar-refractivity contribution in [3.63, 3.8) is 0 Å². The second-order valence-electron chi connectivity index (χ2n) is 6.33. The summed E-state index contributed by atoms with van der Waals surface area (Å²) in [5.41, 5.74) is 0.882. The number of methoxy groups -OCH3 is 1. The van der Waals surface area contributed by atoms with Crippen LogP contribution in [-0.4, -0.2) is 37.9 Å². The Hall–Kier alpha value is -1.75. The molecule has 130 valence electrons. The normalized spacial score (nSPS) is 12.4. The monoisotopic (exact) mass is 321 g/mol. The van der Waals surface area contributed by atoms with Crippen LogP contribution in [0.4, 0.5) is 0 Å². The summed E-state index contributed by atoms with van der Waals surface area (Å²) in [6.45, 7) is 12.3. The van der Waals surface area contributed by atoms with Crippen LogP contribution in [-0.2, 0) is 11.3 Å². The maximum absolute atomic E-state index is 5.72. The molecule has 0 heterocycles. The van der Waals surface area contributed by atoms with Gasteiger partial charge in [-0.3, -0.25) is 0 Å². The highest BCUT2D eigenvalue weighted by Gasteiger charge is 2.16. The topological polar surface area (TPSA) is 54.9 Å². The molecular formula is C18H31N3O2. The van der Waals surface area contributed by atoms with Crippen molar-refractivity contribution in [2.75, 3.05) is 20.2 Å². The van der Waals surface area contributed by atoms with Crippen LogP contribution in [0.2, 0.25) is 0 Å². The summed E-state index contributed by atoms with van der Waals surface area (Å²) in [6.07, 6.45) is 0.170. The molecule has 0 spiro atoms. The summed E-state index contributed by atoms with van der Waals surface area (Å²) >= 11 is 0. The summed E-state index contributed by atoms with van der Waals surface area (Å²) < 4.78 is 11.1. The lowest BCUT2D eigenvalue weighted by Gasteiger charge is -2.24. The predicted octanol–water partition coefficient (Wildman–Crippen LogP) is 2.95. The fourth-order valence-corrected chi connectivity index (χ4v) is 1.87. The number of aliphatic imine (C=N–C) groups is 1. The predicted molar refractivity (Wildman–Crippen MR) is 96.1 cm³/mol. The number of nitrogens with zero attached hydrogens (tertiary/aromatic N) is 1. The molecule has 5 nitrogen and oxygen atoms in total. The van der Waals surface area contributed by atoms with E-state index in [0.717, 1.165) is 23.8 Å². The van der Waals surface area contributed by atoms with Crippen molar-refractivity contribution in [1.29, 1.82) is 0 Å². The third-order valence-corrected chi connectivity index (χ3v) is 3.27. The summed E-state index contributed by atoms with van der Waals surface area (Å²) in [4.78, 5) is 4.62. The number of benzene rings is 1. The minimum atomic E-state index is -0.235.